The Balaban J connectivity index is 1.30. The van der Waals surface area contributed by atoms with E-state index in [2.05, 4.69) is 11.1 Å². The van der Waals surface area contributed by atoms with Crippen molar-refractivity contribution in [1.29, 1.82) is 0 Å². The van der Waals surface area contributed by atoms with Crippen LogP contribution in [0.1, 0.15) is 23.2 Å². The van der Waals surface area contributed by atoms with Crippen LogP contribution in [0.4, 0.5) is 0 Å². The first-order chi connectivity index (χ1) is 14.4. The van der Waals surface area contributed by atoms with Gasteiger partial charge in [-0.15, -0.1) is 0 Å². The number of nitrogens with zero attached hydrogens (tertiary/aromatic N) is 2. The van der Waals surface area contributed by atoms with E-state index in [9.17, 15) is 14.7 Å². The van der Waals surface area contributed by atoms with Crippen LogP contribution in [-0.4, -0.2) is 63.5 Å². The highest BCUT2D eigenvalue weighted by atomic mass is 35.5. The highest BCUT2D eigenvalue weighted by Crippen LogP contribution is 2.37. The molecule has 2 amide bonds. The van der Waals surface area contributed by atoms with Crippen molar-refractivity contribution in [2.24, 2.45) is 0 Å². The van der Waals surface area contributed by atoms with Crippen LogP contribution >= 0.6 is 11.6 Å². The number of carbonyl (C=O) groups excluding carboxylic acids is 2. The molecule has 5 rings (SSSR count). The smallest absolute Gasteiger partial charge is 0.255 e. The Morgan fingerprint density at radius 3 is 2.30 bits per heavy atom. The molecule has 3 aromatic rings. The third-order valence-corrected chi connectivity index (χ3v) is 6.37. The average Bonchev–Trinajstić information content (AvgIpc) is 3.34. The van der Waals surface area contributed by atoms with Gasteiger partial charge < -0.3 is 19.9 Å². The number of hydrogen-bond donors (Lipinski definition) is 2. The lowest BCUT2D eigenvalue weighted by molar-refractivity contribution is -0.143. The van der Waals surface area contributed by atoms with Gasteiger partial charge in [0.05, 0.1) is 10.6 Å². The van der Waals surface area contributed by atoms with E-state index in [0.717, 1.165) is 22.0 Å². The van der Waals surface area contributed by atoms with Crippen LogP contribution in [-0.2, 0) is 4.79 Å². The summed E-state index contributed by atoms with van der Waals surface area (Å²) in [4.78, 5) is 31.8. The van der Waals surface area contributed by atoms with Crippen molar-refractivity contribution in [2.45, 2.75) is 18.4 Å². The lowest BCUT2D eigenvalue weighted by Gasteiger charge is -2.36. The van der Waals surface area contributed by atoms with Crippen LogP contribution in [0, 0.1) is 0 Å². The van der Waals surface area contributed by atoms with Gasteiger partial charge in [0.15, 0.2) is 0 Å². The van der Waals surface area contributed by atoms with E-state index in [1.165, 1.54) is 0 Å². The Morgan fingerprint density at radius 1 is 0.933 bits per heavy atom. The molecule has 2 N–H and O–H groups in total. The number of aliphatic hydroxyl groups is 1. The molecule has 1 aliphatic carbocycles. The van der Waals surface area contributed by atoms with Crippen molar-refractivity contribution in [2.75, 3.05) is 26.2 Å². The molecule has 30 heavy (non-hydrogen) atoms. The summed E-state index contributed by atoms with van der Waals surface area (Å²) in [5.41, 5.74) is 2.36. The van der Waals surface area contributed by atoms with Crippen molar-refractivity contribution >= 4 is 34.3 Å². The largest absolute Gasteiger partial charge is 0.380 e. The third-order valence-electron chi connectivity index (χ3n) is 6.06. The third kappa shape index (κ3) is 3.36. The lowest BCUT2D eigenvalue weighted by atomic mass is 10.0. The number of hydrogen-bond acceptors (Lipinski definition) is 3. The first kappa shape index (κ1) is 19.2. The first-order valence-electron chi connectivity index (χ1n) is 10.1. The van der Waals surface area contributed by atoms with Gasteiger partial charge in [-0.25, -0.2) is 0 Å². The van der Waals surface area contributed by atoms with Gasteiger partial charge in [0, 0.05) is 37.9 Å². The molecule has 0 unspecified atom stereocenters. The standard InChI is InChI=1S/C23H22ClN3O3/c24-19-14-16(15-2-4-20-17(13-15)5-8-25-20)1-3-18(19)21(28)26-9-11-27(12-10-26)22(29)23(30)6-7-23/h1-5,8,13-14,25,30H,6-7,9-12H2. The number of benzene rings is 2. The molecule has 2 aromatic carbocycles. The van der Waals surface area contributed by atoms with E-state index in [1.807, 2.05) is 36.5 Å². The zero-order valence-electron chi connectivity index (χ0n) is 16.4. The van der Waals surface area contributed by atoms with Crippen LogP contribution in [0.5, 0.6) is 0 Å². The van der Waals surface area contributed by atoms with Crippen molar-refractivity contribution in [3.8, 4) is 11.1 Å². The fourth-order valence-corrected chi connectivity index (χ4v) is 4.27. The van der Waals surface area contributed by atoms with Gasteiger partial charge in [0.2, 0.25) is 0 Å². The van der Waals surface area contributed by atoms with Gasteiger partial charge in [0.25, 0.3) is 11.8 Å². The summed E-state index contributed by atoms with van der Waals surface area (Å²) < 4.78 is 0. The number of halogens is 1. The molecule has 2 fully saturated rings. The second-order valence-corrected chi connectivity index (χ2v) is 8.50. The predicted molar refractivity (Wildman–Crippen MR) is 115 cm³/mol. The van der Waals surface area contributed by atoms with E-state index < -0.39 is 5.60 Å². The molecule has 0 atom stereocenters. The van der Waals surface area contributed by atoms with Gasteiger partial charge >= 0.3 is 0 Å². The Labute approximate surface area is 179 Å². The molecule has 2 heterocycles. The minimum Gasteiger partial charge on any atom is -0.380 e. The summed E-state index contributed by atoms with van der Waals surface area (Å²) in [5.74, 6) is -0.346. The Bertz CT molecular complexity index is 1140. The van der Waals surface area contributed by atoms with Crippen molar-refractivity contribution < 1.29 is 14.7 Å². The molecule has 0 radical (unpaired) electrons. The van der Waals surface area contributed by atoms with E-state index in [4.69, 9.17) is 11.6 Å². The molecular weight excluding hydrogens is 402 g/mol. The quantitative estimate of drug-likeness (QED) is 0.678. The van der Waals surface area contributed by atoms with E-state index in [0.29, 0.717) is 49.6 Å². The van der Waals surface area contributed by atoms with Crippen molar-refractivity contribution in [3.05, 3.63) is 59.2 Å². The Morgan fingerprint density at radius 2 is 1.60 bits per heavy atom. The molecule has 6 nitrogen and oxygen atoms in total. The molecule has 154 valence electrons. The van der Waals surface area contributed by atoms with E-state index in [1.54, 1.807) is 15.9 Å². The number of aromatic amines is 1. The van der Waals surface area contributed by atoms with E-state index in [-0.39, 0.29) is 11.8 Å². The molecule has 1 aromatic heterocycles. The number of nitrogens with one attached hydrogen (secondary N) is 1. The minimum absolute atomic E-state index is 0.134. The van der Waals surface area contributed by atoms with Crippen LogP contribution in [0.15, 0.2) is 48.7 Å². The summed E-state index contributed by atoms with van der Waals surface area (Å²) in [6.45, 7) is 1.73. The first-order valence-corrected chi connectivity index (χ1v) is 10.5. The fraction of sp³-hybridized carbons (Fsp3) is 0.304. The van der Waals surface area contributed by atoms with E-state index >= 15 is 0 Å². The molecule has 1 saturated heterocycles. The maximum atomic E-state index is 13.0. The summed E-state index contributed by atoms with van der Waals surface area (Å²) in [6, 6.07) is 13.7. The van der Waals surface area contributed by atoms with Crippen LogP contribution in [0.2, 0.25) is 5.02 Å². The SMILES string of the molecule is O=C(c1ccc(-c2ccc3[nH]ccc3c2)cc1Cl)N1CCN(C(=O)C2(O)CC2)CC1. The maximum Gasteiger partial charge on any atom is 0.255 e. The van der Waals surface area contributed by atoms with Gasteiger partial charge in [-0.1, -0.05) is 23.7 Å². The zero-order chi connectivity index (χ0) is 20.9. The second-order valence-electron chi connectivity index (χ2n) is 8.09. The minimum atomic E-state index is -1.16. The normalized spacial score (nSPS) is 17.9. The predicted octanol–water partition coefficient (Wildman–Crippen LogP) is 3.30. The van der Waals surface area contributed by atoms with Crippen LogP contribution in [0.3, 0.4) is 0 Å². The van der Waals surface area contributed by atoms with Gasteiger partial charge in [-0.2, -0.15) is 0 Å². The highest BCUT2D eigenvalue weighted by molar-refractivity contribution is 6.34. The zero-order valence-corrected chi connectivity index (χ0v) is 17.2. The maximum absolute atomic E-state index is 13.0. The number of aromatic nitrogens is 1. The van der Waals surface area contributed by atoms with Gasteiger partial charge in [0.1, 0.15) is 5.60 Å². The van der Waals surface area contributed by atoms with Crippen LogP contribution in [0.25, 0.3) is 22.0 Å². The molecular formula is C23H22ClN3O3. The average molecular weight is 424 g/mol. The Hall–Kier alpha value is -2.83. The summed E-state index contributed by atoms with van der Waals surface area (Å²) in [6.07, 6.45) is 2.97. The Kier molecular flexibility index (Phi) is 4.56. The number of H-pyrrole nitrogens is 1. The summed E-state index contributed by atoms with van der Waals surface area (Å²) in [5, 5.41) is 11.5. The number of piperazine rings is 1. The number of amides is 2. The molecule has 0 bridgehead atoms. The fourth-order valence-electron chi connectivity index (χ4n) is 4.01. The second kappa shape index (κ2) is 7.15. The van der Waals surface area contributed by atoms with Gasteiger partial charge in [-0.3, -0.25) is 9.59 Å². The molecule has 1 aliphatic heterocycles. The topological polar surface area (TPSA) is 76.6 Å². The summed E-state index contributed by atoms with van der Waals surface area (Å²) >= 11 is 6.49. The van der Waals surface area contributed by atoms with Crippen LogP contribution < -0.4 is 0 Å². The highest BCUT2D eigenvalue weighted by Gasteiger charge is 2.50. The number of rotatable bonds is 3. The van der Waals surface area contributed by atoms with Crippen molar-refractivity contribution in [3.63, 3.8) is 0 Å². The molecule has 1 saturated carbocycles. The van der Waals surface area contributed by atoms with Gasteiger partial charge in [-0.05, 0) is 59.7 Å². The lowest BCUT2D eigenvalue weighted by Crippen LogP contribution is -2.53. The number of fused-ring (bicyclic) bond motifs is 1. The monoisotopic (exact) mass is 423 g/mol. The molecule has 2 aliphatic rings. The summed E-state index contributed by atoms with van der Waals surface area (Å²) in [7, 11) is 0. The number of carbonyl (C=O) groups is 2. The van der Waals surface area contributed by atoms with Crippen molar-refractivity contribution in [1.82, 2.24) is 14.8 Å². The molecule has 0 spiro atoms. The molecule has 7 heteroatoms.